The Balaban J connectivity index is 1.82. The van der Waals surface area contributed by atoms with Crippen molar-refractivity contribution in [3.05, 3.63) is 18.1 Å². The first kappa shape index (κ1) is 10.7. The normalized spacial score (nSPS) is 16.9. The number of aromatic nitrogens is 2. The fourth-order valence-electron chi connectivity index (χ4n) is 1.87. The molecule has 0 aliphatic heterocycles. The summed E-state index contributed by atoms with van der Waals surface area (Å²) >= 11 is 5.62. The van der Waals surface area contributed by atoms with Gasteiger partial charge in [0, 0.05) is 0 Å². The van der Waals surface area contributed by atoms with Crippen LogP contribution < -0.4 is 4.74 Å². The lowest BCUT2D eigenvalue weighted by atomic mass is 10.1. The average Bonchev–Trinajstić information content (AvgIpc) is 2.80. The maximum absolute atomic E-state index is 5.62. The topological polar surface area (TPSA) is 35.0 Å². The van der Waals surface area contributed by atoms with Crippen LogP contribution in [0.15, 0.2) is 12.4 Å². The average molecular weight is 227 g/mol. The molecule has 1 aliphatic carbocycles. The van der Waals surface area contributed by atoms with E-state index >= 15 is 0 Å². The van der Waals surface area contributed by atoms with Gasteiger partial charge in [0.25, 0.3) is 0 Å². The van der Waals surface area contributed by atoms with Crippen molar-refractivity contribution < 1.29 is 4.74 Å². The highest BCUT2D eigenvalue weighted by Crippen LogP contribution is 2.25. The molecule has 0 saturated heterocycles. The predicted molar refractivity (Wildman–Crippen MR) is 59.0 cm³/mol. The highest BCUT2D eigenvalue weighted by atomic mass is 35.5. The van der Waals surface area contributed by atoms with Gasteiger partial charge in [-0.25, -0.2) is 4.98 Å². The van der Waals surface area contributed by atoms with Gasteiger partial charge in [-0.15, -0.1) is 11.6 Å². The Morgan fingerprint density at radius 2 is 2.07 bits per heavy atom. The van der Waals surface area contributed by atoms with Gasteiger partial charge in [0.1, 0.15) is 0 Å². The van der Waals surface area contributed by atoms with Gasteiger partial charge in [0.2, 0.25) is 5.88 Å². The minimum atomic E-state index is 0.399. The second-order valence-corrected chi connectivity index (χ2v) is 4.21. The van der Waals surface area contributed by atoms with Crippen molar-refractivity contribution >= 4 is 11.6 Å². The highest BCUT2D eigenvalue weighted by Gasteiger charge is 2.15. The molecule has 3 nitrogen and oxygen atoms in total. The van der Waals surface area contributed by atoms with Gasteiger partial charge < -0.3 is 4.74 Å². The smallest absolute Gasteiger partial charge is 0.232 e. The summed E-state index contributed by atoms with van der Waals surface area (Å²) in [6, 6.07) is 0. The molecule has 1 aliphatic rings. The Hall–Kier alpha value is -0.830. The third kappa shape index (κ3) is 3.06. The molecular formula is C11H15ClN2O. The first-order valence-corrected chi connectivity index (χ1v) is 5.91. The summed E-state index contributed by atoms with van der Waals surface area (Å²) in [4.78, 5) is 8.26. The molecular weight excluding hydrogens is 212 g/mol. The molecule has 1 heterocycles. The predicted octanol–water partition coefficient (Wildman–Crippen LogP) is 2.78. The first-order chi connectivity index (χ1) is 7.38. The van der Waals surface area contributed by atoms with Gasteiger partial charge >= 0.3 is 0 Å². The van der Waals surface area contributed by atoms with Gasteiger partial charge in [-0.2, -0.15) is 0 Å². The van der Waals surface area contributed by atoms with Crippen LogP contribution >= 0.6 is 11.6 Å². The van der Waals surface area contributed by atoms with Crippen molar-refractivity contribution in [1.29, 1.82) is 0 Å². The summed E-state index contributed by atoms with van der Waals surface area (Å²) in [5.74, 6) is 1.71. The number of rotatable bonds is 4. The van der Waals surface area contributed by atoms with E-state index in [4.69, 9.17) is 16.3 Å². The molecule has 2 rings (SSSR count). The van der Waals surface area contributed by atoms with Crippen LogP contribution in [-0.2, 0) is 5.88 Å². The SMILES string of the molecule is ClCc1cnc(OCC2CCCC2)cn1. The summed E-state index contributed by atoms with van der Waals surface area (Å²) in [5, 5.41) is 0. The summed E-state index contributed by atoms with van der Waals surface area (Å²) in [7, 11) is 0. The maximum atomic E-state index is 5.62. The zero-order valence-electron chi connectivity index (χ0n) is 8.66. The van der Waals surface area contributed by atoms with Crippen molar-refractivity contribution in [3.8, 4) is 5.88 Å². The third-order valence-corrected chi connectivity index (χ3v) is 3.03. The van der Waals surface area contributed by atoms with Crippen molar-refractivity contribution in [2.24, 2.45) is 5.92 Å². The minimum Gasteiger partial charge on any atom is -0.476 e. The lowest BCUT2D eigenvalue weighted by molar-refractivity contribution is 0.242. The van der Waals surface area contributed by atoms with Crippen molar-refractivity contribution in [1.82, 2.24) is 9.97 Å². The molecule has 0 unspecified atom stereocenters. The van der Waals surface area contributed by atoms with Crippen LogP contribution in [-0.4, -0.2) is 16.6 Å². The van der Waals surface area contributed by atoms with Crippen LogP contribution in [0.5, 0.6) is 5.88 Å². The Bertz CT molecular complexity index is 296. The number of hydrogen-bond acceptors (Lipinski definition) is 3. The van der Waals surface area contributed by atoms with Crippen molar-refractivity contribution in [2.75, 3.05) is 6.61 Å². The van der Waals surface area contributed by atoms with E-state index in [1.54, 1.807) is 12.4 Å². The van der Waals surface area contributed by atoms with Crippen LogP contribution in [0.2, 0.25) is 0 Å². The molecule has 82 valence electrons. The van der Waals surface area contributed by atoms with E-state index in [1.165, 1.54) is 25.7 Å². The number of alkyl halides is 1. The molecule has 0 spiro atoms. The van der Waals surface area contributed by atoms with Gasteiger partial charge in [-0.05, 0) is 18.8 Å². The molecule has 1 fully saturated rings. The molecule has 0 bridgehead atoms. The minimum absolute atomic E-state index is 0.399. The van der Waals surface area contributed by atoms with Crippen molar-refractivity contribution in [3.63, 3.8) is 0 Å². The van der Waals surface area contributed by atoms with Crippen molar-refractivity contribution in [2.45, 2.75) is 31.6 Å². The lowest BCUT2D eigenvalue weighted by Crippen LogP contribution is -2.09. The largest absolute Gasteiger partial charge is 0.476 e. The molecule has 0 aromatic carbocycles. The quantitative estimate of drug-likeness (QED) is 0.741. The molecule has 15 heavy (non-hydrogen) atoms. The fraction of sp³-hybridized carbons (Fsp3) is 0.636. The van der Waals surface area contributed by atoms with E-state index in [1.807, 2.05) is 0 Å². The summed E-state index contributed by atoms with van der Waals surface area (Å²) in [6.45, 7) is 0.773. The zero-order chi connectivity index (χ0) is 10.5. The van der Waals surface area contributed by atoms with E-state index < -0.39 is 0 Å². The molecule has 0 N–H and O–H groups in total. The third-order valence-electron chi connectivity index (χ3n) is 2.76. The fourth-order valence-corrected chi connectivity index (χ4v) is 2.00. The Morgan fingerprint density at radius 1 is 1.27 bits per heavy atom. The van der Waals surface area contributed by atoms with E-state index in [0.29, 0.717) is 17.7 Å². The Morgan fingerprint density at radius 3 is 2.67 bits per heavy atom. The maximum Gasteiger partial charge on any atom is 0.232 e. The second-order valence-electron chi connectivity index (χ2n) is 3.94. The summed E-state index contributed by atoms with van der Waals surface area (Å²) in [5.41, 5.74) is 0.782. The molecule has 0 amide bonds. The molecule has 1 aromatic heterocycles. The van der Waals surface area contributed by atoms with Crippen LogP contribution in [0.25, 0.3) is 0 Å². The molecule has 0 radical (unpaired) electrons. The Kier molecular flexibility index (Phi) is 3.78. The highest BCUT2D eigenvalue weighted by molar-refractivity contribution is 6.16. The molecule has 0 atom stereocenters. The molecule has 4 heteroatoms. The second kappa shape index (κ2) is 5.31. The molecule has 1 saturated carbocycles. The summed E-state index contributed by atoms with van der Waals surface area (Å²) < 4.78 is 5.57. The van der Waals surface area contributed by atoms with E-state index in [9.17, 15) is 0 Å². The van der Waals surface area contributed by atoms with Gasteiger partial charge in [0.05, 0.1) is 30.6 Å². The number of ether oxygens (including phenoxy) is 1. The van der Waals surface area contributed by atoms with Gasteiger partial charge in [-0.1, -0.05) is 12.8 Å². The van der Waals surface area contributed by atoms with Gasteiger partial charge in [-0.3, -0.25) is 4.98 Å². The zero-order valence-corrected chi connectivity index (χ0v) is 9.41. The number of halogens is 1. The van der Waals surface area contributed by atoms with E-state index in [0.717, 1.165) is 12.3 Å². The van der Waals surface area contributed by atoms with Crippen LogP contribution in [0.3, 0.4) is 0 Å². The summed E-state index contributed by atoms with van der Waals surface area (Å²) in [6.07, 6.45) is 8.56. The van der Waals surface area contributed by atoms with Crippen LogP contribution in [0.1, 0.15) is 31.4 Å². The van der Waals surface area contributed by atoms with Crippen LogP contribution in [0.4, 0.5) is 0 Å². The number of nitrogens with zero attached hydrogens (tertiary/aromatic N) is 2. The monoisotopic (exact) mass is 226 g/mol. The molecule has 1 aromatic rings. The van der Waals surface area contributed by atoms with E-state index in [2.05, 4.69) is 9.97 Å². The Labute approximate surface area is 94.8 Å². The lowest BCUT2D eigenvalue weighted by Gasteiger charge is -2.09. The van der Waals surface area contributed by atoms with Crippen LogP contribution in [0, 0.1) is 5.92 Å². The first-order valence-electron chi connectivity index (χ1n) is 5.38. The standard InChI is InChI=1S/C11H15ClN2O/c12-5-10-6-14-11(7-13-10)15-8-9-3-1-2-4-9/h6-7,9H,1-5,8H2. The van der Waals surface area contributed by atoms with Gasteiger partial charge in [0.15, 0.2) is 0 Å². The number of hydrogen-bond donors (Lipinski definition) is 0. The van der Waals surface area contributed by atoms with E-state index in [-0.39, 0.29) is 0 Å².